The van der Waals surface area contributed by atoms with Gasteiger partial charge in [0.15, 0.2) is 24.8 Å². The fraction of sp³-hybridized carbons (Fsp3) is 0.643. The second-order valence-electron chi connectivity index (χ2n) is 9.94. The Morgan fingerprint density at radius 2 is 0.900 bits per heavy atom. The summed E-state index contributed by atoms with van der Waals surface area (Å²) in [5.74, 6) is 2.07. The Balaban J connectivity index is 1.17. The highest BCUT2D eigenvalue weighted by molar-refractivity contribution is 5.60. The van der Waals surface area contributed by atoms with E-state index in [0.717, 1.165) is 24.9 Å². The number of rotatable bonds is 11. The molecule has 4 rings (SSSR count). The molecule has 2 nitrogen and oxygen atoms in total. The second-order valence-corrected chi connectivity index (χ2v) is 9.94. The van der Waals surface area contributed by atoms with E-state index in [1.165, 1.54) is 101 Å². The maximum absolute atomic E-state index is 2.35. The minimum absolute atomic E-state index is 1.03. The van der Waals surface area contributed by atoms with Gasteiger partial charge in [0.05, 0.1) is 0 Å². The Bertz CT molecular complexity index is 657. The van der Waals surface area contributed by atoms with Gasteiger partial charge in [0.1, 0.15) is 13.1 Å². The summed E-state index contributed by atoms with van der Waals surface area (Å²) in [5.41, 5.74) is 2.65. The van der Waals surface area contributed by atoms with Gasteiger partial charge in [-0.25, -0.2) is 9.13 Å². The second kappa shape index (κ2) is 11.6. The van der Waals surface area contributed by atoms with Crippen LogP contribution in [-0.4, -0.2) is 0 Å². The van der Waals surface area contributed by atoms with Crippen LogP contribution < -0.4 is 9.13 Å². The zero-order valence-electron chi connectivity index (χ0n) is 19.0. The van der Waals surface area contributed by atoms with E-state index < -0.39 is 0 Å². The smallest absolute Gasteiger partial charge is 0.169 e. The van der Waals surface area contributed by atoms with Crippen molar-refractivity contribution < 1.29 is 9.13 Å². The van der Waals surface area contributed by atoms with Crippen molar-refractivity contribution in [1.29, 1.82) is 0 Å². The van der Waals surface area contributed by atoms with Crippen molar-refractivity contribution in [1.82, 2.24) is 0 Å². The zero-order valence-corrected chi connectivity index (χ0v) is 19.0. The molecule has 2 heterocycles. The van der Waals surface area contributed by atoms with Crippen molar-refractivity contribution >= 4 is 0 Å². The van der Waals surface area contributed by atoms with Crippen LogP contribution in [0.25, 0.3) is 11.1 Å². The topological polar surface area (TPSA) is 7.76 Å². The summed E-state index contributed by atoms with van der Waals surface area (Å²) in [6, 6.07) is 9.10. The first-order valence-electron chi connectivity index (χ1n) is 12.9. The fourth-order valence-corrected chi connectivity index (χ4v) is 5.65. The van der Waals surface area contributed by atoms with E-state index in [2.05, 4.69) is 58.2 Å². The summed E-state index contributed by atoms with van der Waals surface area (Å²) in [7, 11) is 0. The molecule has 2 aromatic heterocycles. The van der Waals surface area contributed by atoms with Gasteiger partial charge in [-0.05, 0) is 35.8 Å². The third kappa shape index (κ3) is 6.65. The maximum Gasteiger partial charge on any atom is 0.169 e. The number of nitrogens with zero attached hydrogens (tertiary/aromatic N) is 2. The average molecular weight is 407 g/mol. The Labute approximate surface area is 184 Å². The molecule has 0 aromatic carbocycles. The molecule has 0 unspecified atom stereocenters. The number of hydrogen-bond acceptors (Lipinski definition) is 0. The molecule has 2 aromatic rings. The van der Waals surface area contributed by atoms with Crippen molar-refractivity contribution in [3.8, 4) is 11.1 Å². The normalized spacial score (nSPS) is 17.7. The molecule has 30 heavy (non-hydrogen) atoms. The van der Waals surface area contributed by atoms with Crippen LogP contribution in [0, 0.1) is 11.8 Å². The van der Waals surface area contributed by atoms with Gasteiger partial charge in [-0.3, -0.25) is 0 Å². The van der Waals surface area contributed by atoms with Gasteiger partial charge in [-0.2, -0.15) is 0 Å². The molecular formula is C28H42N2+2. The SMILES string of the molecule is c1c[n+](CCCCC2CCCC2)ccc1-c1cc[n+](CCCCC2CCCC2)cc1. The van der Waals surface area contributed by atoms with E-state index in [1.807, 2.05) is 0 Å². The van der Waals surface area contributed by atoms with Crippen LogP contribution in [0.5, 0.6) is 0 Å². The Hall–Kier alpha value is -1.70. The minimum Gasteiger partial charge on any atom is -0.205 e. The highest BCUT2D eigenvalue weighted by Crippen LogP contribution is 2.29. The highest BCUT2D eigenvalue weighted by atomic mass is 14.9. The standard InChI is InChI=1S/C28H42N2/c1-2-10-25(9-1)13-5-7-19-29-21-15-27(16-22-29)28-17-23-30(24-18-28)20-8-6-14-26-11-3-4-12-26/h15-18,21-26H,1-14,19-20H2/q+2. The molecule has 0 amide bonds. The lowest BCUT2D eigenvalue weighted by Crippen LogP contribution is -2.33. The summed E-state index contributed by atoms with van der Waals surface area (Å²) in [5, 5.41) is 0. The van der Waals surface area contributed by atoms with Crippen LogP contribution in [-0.2, 0) is 13.1 Å². The molecule has 0 spiro atoms. The lowest BCUT2D eigenvalue weighted by Gasteiger charge is -2.07. The van der Waals surface area contributed by atoms with Gasteiger partial charge in [-0.15, -0.1) is 0 Å². The zero-order chi connectivity index (χ0) is 20.4. The summed E-state index contributed by atoms with van der Waals surface area (Å²) in [4.78, 5) is 0. The summed E-state index contributed by atoms with van der Waals surface area (Å²) >= 11 is 0. The average Bonchev–Trinajstić information content (AvgIpc) is 3.50. The molecule has 2 aliphatic carbocycles. The molecule has 2 saturated carbocycles. The Morgan fingerprint density at radius 1 is 0.533 bits per heavy atom. The molecule has 2 fully saturated rings. The van der Waals surface area contributed by atoms with Crippen molar-refractivity contribution in [3.63, 3.8) is 0 Å². The van der Waals surface area contributed by atoms with E-state index in [9.17, 15) is 0 Å². The minimum atomic E-state index is 1.03. The van der Waals surface area contributed by atoms with Crippen molar-refractivity contribution in [3.05, 3.63) is 49.1 Å². The molecule has 0 aliphatic heterocycles. The van der Waals surface area contributed by atoms with Crippen LogP contribution in [0.2, 0.25) is 0 Å². The first-order valence-corrected chi connectivity index (χ1v) is 12.9. The predicted octanol–water partition coefficient (Wildman–Crippen LogP) is 6.65. The molecule has 0 saturated heterocycles. The molecule has 0 radical (unpaired) electrons. The predicted molar refractivity (Wildman–Crippen MR) is 124 cm³/mol. The Kier molecular flexibility index (Phi) is 8.34. The molecule has 2 heteroatoms. The third-order valence-electron chi connectivity index (χ3n) is 7.62. The Morgan fingerprint density at radius 3 is 1.27 bits per heavy atom. The van der Waals surface area contributed by atoms with Crippen molar-refractivity contribution in [2.45, 2.75) is 103 Å². The number of hydrogen-bond donors (Lipinski definition) is 0. The lowest BCUT2D eigenvalue weighted by molar-refractivity contribution is -0.697. The molecule has 0 atom stereocenters. The largest absolute Gasteiger partial charge is 0.205 e. The van der Waals surface area contributed by atoms with Crippen LogP contribution in [0.1, 0.15) is 89.9 Å². The molecule has 162 valence electrons. The lowest BCUT2D eigenvalue weighted by atomic mass is 10.0. The van der Waals surface area contributed by atoms with Gasteiger partial charge in [-0.1, -0.05) is 64.2 Å². The van der Waals surface area contributed by atoms with Gasteiger partial charge in [0.25, 0.3) is 0 Å². The molecule has 2 aliphatic rings. The van der Waals surface area contributed by atoms with Crippen LogP contribution in [0.3, 0.4) is 0 Å². The number of aryl methyl sites for hydroxylation is 2. The summed E-state index contributed by atoms with van der Waals surface area (Å²) in [6.45, 7) is 2.31. The van der Waals surface area contributed by atoms with Gasteiger partial charge in [0.2, 0.25) is 0 Å². The highest BCUT2D eigenvalue weighted by Gasteiger charge is 2.15. The first kappa shape index (κ1) is 21.5. The summed E-state index contributed by atoms with van der Waals surface area (Å²) in [6.07, 6.45) is 29.2. The third-order valence-corrected chi connectivity index (χ3v) is 7.62. The number of aromatic nitrogens is 2. The monoisotopic (exact) mass is 406 g/mol. The number of pyridine rings is 2. The quantitative estimate of drug-likeness (QED) is 0.291. The van der Waals surface area contributed by atoms with E-state index in [-0.39, 0.29) is 0 Å². The fourth-order valence-electron chi connectivity index (χ4n) is 5.65. The maximum atomic E-state index is 2.35. The van der Waals surface area contributed by atoms with Crippen LogP contribution in [0.4, 0.5) is 0 Å². The molecule has 0 bridgehead atoms. The van der Waals surface area contributed by atoms with E-state index in [0.29, 0.717) is 0 Å². The summed E-state index contributed by atoms with van der Waals surface area (Å²) < 4.78 is 4.71. The van der Waals surface area contributed by atoms with Crippen molar-refractivity contribution in [2.24, 2.45) is 11.8 Å². The van der Waals surface area contributed by atoms with Gasteiger partial charge < -0.3 is 0 Å². The molecular weight excluding hydrogens is 364 g/mol. The van der Waals surface area contributed by atoms with E-state index in [4.69, 9.17) is 0 Å². The van der Waals surface area contributed by atoms with Gasteiger partial charge in [0, 0.05) is 37.1 Å². The first-order chi connectivity index (χ1) is 14.9. The van der Waals surface area contributed by atoms with Gasteiger partial charge >= 0.3 is 0 Å². The molecule has 0 N–H and O–H groups in total. The van der Waals surface area contributed by atoms with Crippen LogP contribution >= 0.6 is 0 Å². The number of unbranched alkanes of at least 4 members (excludes halogenated alkanes) is 2. The van der Waals surface area contributed by atoms with E-state index in [1.54, 1.807) is 0 Å². The van der Waals surface area contributed by atoms with E-state index >= 15 is 0 Å². The van der Waals surface area contributed by atoms with Crippen LogP contribution in [0.15, 0.2) is 49.1 Å². The van der Waals surface area contributed by atoms with Crippen molar-refractivity contribution in [2.75, 3.05) is 0 Å².